The van der Waals surface area contributed by atoms with Crippen molar-refractivity contribution in [1.82, 2.24) is 19.9 Å². The lowest BCUT2D eigenvalue weighted by Crippen LogP contribution is -2.28. The zero-order valence-corrected chi connectivity index (χ0v) is 32.3. The van der Waals surface area contributed by atoms with Crippen molar-refractivity contribution in [3.05, 3.63) is 38.7 Å². The fourth-order valence-electron chi connectivity index (χ4n) is 7.15. The zero-order valence-electron chi connectivity index (χ0n) is 29.9. The third-order valence-electron chi connectivity index (χ3n) is 9.91. The van der Waals surface area contributed by atoms with Crippen LogP contribution in [0.15, 0.2) is 12.7 Å². The molecular formula is C37H56ClFN6O3S2. The maximum Gasteiger partial charge on any atom is 0.141 e. The molecule has 0 aromatic carbocycles. The van der Waals surface area contributed by atoms with E-state index in [0.717, 1.165) is 96.9 Å². The first kappa shape index (κ1) is 40.7. The maximum absolute atomic E-state index is 9.67. The third-order valence-corrected chi connectivity index (χ3v) is 12.6. The normalized spacial score (nSPS) is 25.8. The summed E-state index contributed by atoms with van der Waals surface area (Å²) in [7, 11) is 0. The summed E-state index contributed by atoms with van der Waals surface area (Å²) >= 11 is 9.77. The van der Waals surface area contributed by atoms with Gasteiger partial charge in [-0.25, -0.2) is 19.9 Å². The predicted molar refractivity (Wildman–Crippen MR) is 206 cm³/mol. The van der Waals surface area contributed by atoms with Crippen molar-refractivity contribution in [3.63, 3.8) is 0 Å². The van der Waals surface area contributed by atoms with Crippen molar-refractivity contribution in [2.45, 2.75) is 148 Å². The topological polar surface area (TPSA) is 150 Å². The van der Waals surface area contributed by atoms with Gasteiger partial charge in [-0.1, -0.05) is 25.4 Å². The Labute approximate surface area is 308 Å². The van der Waals surface area contributed by atoms with Crippen LogP contribution in [0.3, 0.4) is 0 Å². The van der Waals surface area contributed by atoms with E-state index in [1.165, 1.54) is 52.0 Å². The highest BCUT2D eigenvalue weighted by Gasteiger charge is 2.26. The van der Waals surface area contributed by atoms with Gasteiger partial charge in [0.25, 0.3) is 0 Å². The van der Waals surface area contributed by atoms with Crippen LogP contribution in [0.25, 0.3) is 20.4 Å². The second-order valence-corrected chi connectivity index (χ2v) is 17.3. The average molecular weight is 751 g/mol. The van der Waals surface area contributed by atoms with Crippen molar-refractivity contribution in [2.24, 2.45) is 17.6 Å². The smallest absolute Gasteiger partial charge is 0.141 e. The number of aliphatic hydroxyl groups is 3. The van der Waals surface area contributed by atoms with Crippen LogP contribution in [0, 0.1) is 11.8 Å². The highest BCUT2D eigenvalue weighted by molar-refractivity contribution is 7.19. The second kappa shape index (κ2) is 19.1. The van der Waals surface area contributed by atoms with E-state index < -0.39 is 0 Å². The monoisotopic (exact) mass is 750 g/mol. The lowest BCUT2D eigenvalue weighted by atomic mass is 9.88. The zero-order chi connectivity index (χ0) is 35.1. The first-order valence-electron chi connectivity index (χ1n) is 18.2. The molecule has 0 aliphatic heterocycles. The number of fused-ring (bicyclic) bond motifs is 6. The standard InChI is InChI=1S/C17H23N3OS.C11H11ClN2S.C6H13NO.C3H8O.FH/c1-10-2-7-14-13(8-10)15-16(18-9-19-17(15)22-14)20-11-3-5-12(21)6-4-11;1-6-2-3-8-7(4-6)9-10(12)13-5-14-11(9)15-8;7-5-1-3-6(8)4-2-5;1-3(2)4;/h9-12,21H,2-8H2,1H3,(H,18,19,20);5-6H,2-4H2,1H3;5-6,8H,1-4,7H2;3-4H,1-2H3;1H. The molecule has 13 heteroatoms. The molecule has 4 aliphatic rings. The minimum atomic E-state index is -0.167. The molecule has 6 N–H and O–H groups in total. The number of nitrogens with two attached hydrogens (primary N) is 1. The molecule has 4 aromatic rings. The molecule has 9 nitrogen and oxygen atoms in total. The highest BCUT2D eigenvalue weighted by atomic mass is 35.5. The van der Waals surface area contributed by atoms with Gasteiger partial charge in [0.1, 0.15) is 33.3 Å². The minimum Gasteiger partial charge on any atom is -0.394 e. The van der Waals surface area contributed by atoms with Crippen molar-refractivity contribution >= 4 is 60.5 Å². The van der Waals surface area contributed by atoms with E-state index >= 15 is 0 Å². The number of thiophene rings is 2. The Morgan fingerprint density at radius 3 is 1.72 bits per heavy atom. The van der Waals surface area contributed by atoms with E-state index in [2.05, 4.69) is 39.1 Å². The number of anilines is 1. The summed E-state index contributed by atoms with van der Waals surface area (Å²) in [6, 6.07) is 0.788. The number of hydrogen-bond acceptors (Lipinski definition) is 11. The van der Waals surface area contributed by atoms with Crippen LogP contribution in [0.5, 0.6) is 0 Å². The Morgan fingerprint density at radius 1 is 0.740 bits per heavy atom. The lowest BCUT2D eigenvalue weighted by Gasteiger charge is -2.27. The molecule has 0 bridgehead atoms. The fourth-order valence-corrected chi connectivity index (χ4v) is 9.82. The fraction of sp³-hybridized carbons (Fsp3) is 0.676. The maximum atomic E-state index is 9.67. The summed E-state index contributed by atoms with van der Waals surface area (Å²) < 4.78 is 0. The van der Waals surface area contributed by atoms with E-state index in [-0.39, 0.29) is 23.0 Å². The van der Waals surface area contributed by atoms with E-state index in [4.69, 9.17) is 27.5 Å². The summed E-state index contributed by atoms with van der Waals surface area (Å²) in [5, 5.41) is 33.3. The largest absolute Gasteiger partial charge is 0.394 e. The van der Waals surface area contributed by atoms with E-state index in [1.807, 2.05) is 11.3 Å². The third kappa shape index (κ3) is 11.0. The van der Waals surface area contributed by atoms with Crippen LogP contribution in [-0.2, 0) is 25.7 Å². The molecule has 4 aliphatic carbocycles. The molecule has 4 heterocycles. The van der Waals surface area contributed by atoms with Crippen molar-refractivity contribution < 1.29 is 20.0 Å². The van der Waals surface area contributed by atoms with Crippen molar-refractivity contribution in [1.29, 1.82) is 0 Å². The number of rotatable bonds is 2. The van der Waals surface area contributed by atoms with Crippen LogP contribution in [0.4, 0.5) is 10.5 Å². The van der Waals surface area contributed by atoms with Gasteiger partial charge in [-0.3, -0.25) is 4.70 Å². The van der Waals surface area contributed by atoms with E-state index in [0.29, 0.717) is 17.2 Å². The Kier molecular flexibility index (Phi) is 15.6. The molecule has 50 heavy (non-hydrogen) atoms. The van der Waals surface area contributed by atoms with Gasteiger partial charge in [0, 0.05) is 27.9 Å². The number of hydrogen-bond donors (Lipinski definition) is 5. The summed E-state index contributed by atoms with van der Waals surface area (Å²) in [5.41, 5.74) is 8.47. The Morgan fingerprint density at radius 2 is 1.20 bits per heavy atom. The summed E-state index contributed by atoms with van der Waals surface area (Å²) in [5.74, 6) is 2.52. The van der Waals surface area contributed by atoms with Gasteiger partial charge in [0.2, 0.25) is 0 Å². The molecule has 2 saturated carbocycles. The highest BCUT2D eigenvalue weighted by Crippen LogP contribution is 2.41. The lowest BCUT2D eigenvalue weighted by molar-refractivity contribution is 0.123. The van der Waals surface area contributed by atoms with E-state index in [9.17, 15) is 5.11 Å². The van der Waals surface area contributed by atoms with Crippen LogP contribution in [-0.4, -0.2) is 65.7 Å². The number of halogens is 2. The van der Waals surface area contributed by atoms with Gasteiger partial charge >= 0.3 is 0 Å². The van der Waals surface area contributed by atoms with Crippen LogP contribution in [0.1, 0.15) is 113 Å². The van der Waals surface area contributed by atoms with Gasteiger partial charge in [-0.05, 0) is 127 Å². The molecule has 2 unspecified atom stereocenters. The van der Waals surface area contributed by atoms with Crippen molar-refractivity contribution in [3.8, 4) is 0 Å². The van der Waals surface area contributed by atoms with Gasteiger partial charge in [0.05, 0.1) is 23.0 Å². The Bertz CT molecular complexity index is 1630. The van der Waals surface area contributed by atoms with Crippen LogP contribution < -0.4 is 11.1 Å². The van der Waals surface area contributed by atoms with E-state index in [1.54, 1.807) is 37.8 Å². The number of aryl methyl sites for hydroxylation is 2. The molecule has 2 fully saturated rings. The van der Waals surface area contributed by atoms with Gasteiger partial charge in [-0.15, -0.1) is 22.7 Å². The van der Waals surface area contributed by atoms with Crippen LogP contribution in [0.2, 0.25) is 5.15 Å². The Hall–Kier alpha value is -2.06. The first-order valence-corrected chi connectivity index (χ1v) is 20.2. The van der Waals surface area contributed by atoms with Crippen LogP contribution >= 0.6 is 34.3 Å². The molecule has 278 valence electrons. The second-order valence-electron chi connectivity index (χ2n) is 14.8. The Balaban J connectivity index is 0.000000173. The molecule has 0 radical (unpaired) electrons. The summed E-state index contributed by atoms with van der Waals surface area (Å²) in [4.78, 5) is 22.6. The van der Waals surface area contributed by atoms with Gasteiger partial charge in [0.15, 0.2) is 0 Å². The molecule has 8 rings (SSSR count). The summed E-state index contributed by atoms with van der Waals surface area (Å²) in [6.45, 7) is 8.08. The average Bonchev–Trinajstić information content (AvgIpc) is 3.63. The molecule has 2 atom stereocenters. The molecule has 0 saturated heterocycles. The first-order chi connectivity index (χ1) is 23.5. The minimum absolute atomic E-state index is 0. The SMILES string of the molecule is CC(C)O.CC1CCc2sc3ncnc(Cl)c3c2C1.CC1CCc2sc3ncnc(NC4CCC(O)CC4)c3c2C1.F.NC1CCC(O)CC1. The molecule has 4 aromatic heterocycles. The molecular weight excluding hydrogens is 695 g/mol. The number of nitrogens with zero attached hydrogens (tertiary/aromatic N) is 4. The van der Waals surface area contributed by atoms with Gasteiger partial charge < -0.3 is 26.4 Å². The number of aliphatic hydroxyl groups excluding tert-OH is 3. The van der Waals surface area contributed by atoms with Gasteiger partial charge in [-0.2, -0.15) is 0 Å². The number of aromatic nitrogens is 4. The molecule has 0 amide bonds. The van der Waals surface area contributed by atoms with Crippen molar-refractivity contribution in [2.75, 3.05) is 5.32 Å². The quantitative estimate of drug-likeness (QED) is 0.129. The number of nitrogens with one attached hydrogen (secondary N) is 1. The molecule has 0 spiro atoms. The summed E-state index contributed by atoms with van der Waals surface area (Å²) in [6.07, 6.45) is 17.8. The predicted octanol–water partition coefficient (Wildman–Crippen LogP) is 7.79.